The van der Waals surface area contributed by atoms with Crippen molar-refractivity contribution in [2.24, 2.45) is 0 Å². The second-order valence-corrected chi connectivity index (χ2v) is 8.72. The first-order valence-electron chi connectivity index (χ1n) is 11.2. The molecule has 3 rings (SSSR count). The number of halogens is 1. The summed E-state index contributed by atoms with van der Waals surface area (Å²) in [6, 6.07) is 15.8. The van der Waals surface area contributed by atoms with Crippen LogP contribution in [0.25, 0.3) is 11.0 Å². The van der Waals surface area contributed by atoms with E-state index in [1.54, 1.807) is 0 Å². The van der Waals surface area contributed by atoms with E-state index < -0.39 is 0 Å². The lowest BCUT2D eigenvalue weighted by atomic mass is 10.1. The van der Waals surface area contributed by atoms with Crippen LogP contribution in [-0.2, 0) is 13.0 Å². The van der Waals surface area contributed by atoms with Crippen molar-refractivity contribution in [1.29, 1.82) is 0 Å². The molecule has 0 radical (unpaired) electrons. The Morgan fingerprint density at radius 1 is 0.967 bits per heavy atom. The number of amides is 1. The van der Waals surface area contributed by atoms with Gasteiger partial charge in [-0.15, -0.1) is 0 Å². The summed E-state index contributed by atoms with van der Waals surface area (Å²) in [7, 11) is 0. The highest BCUT2D eigenvalue weighted by Gasteiger charge is 2.11. The number of aromatic nitrogens is 2. The van der Waals surface area contributed by atoms with Crippen LogP contribution in [0.4, 0.5) is 0 Å². The fraction of sp³-hybridized carbons (Fsp3) is 0.440. The first-order valence-corrected chi connectivity index (χ1v) is 12.0. The minimum absolute atomic E-state index is 0.0442. The van der Waals surface area contributed by atoms with Gasteiger partial charge in [0.1, 0.15) is 5.82 Å². The topological polar surface area (TPSA) is 46.9 Å². The number of nitrogens with one attached hydrogen (secondary N) is 1. The Labute approximate surface area is 188 Å². The minimum atomic E-state index is -0.0442. The highest BCUT2D eigenvalue weighted by molar-refractivity contribution is 9.10. The van der Waals surface area contributed by atoms with Gasteiger partial charge in [-0.25, -0.2) is 4.98 Å². The van der Waals surface area contributed by atoms with E-state index in [9.17, 15) is 4.79 Å². The largest absolute Gasteiger partial charge is 0.352 e. The number of para-hydroxylation sites is 2. The van der Waals surface area contributed by atoms with Gasteiger partial charge in [0.2, 0.25) is 0 Å². The van der Waals surface area contributed by atoms with Gasteiger partial charge in [0.25, 0.3) is 5.91 Å². The lowest BCUT2D eigenvalue weighted by molar-refractivity contribution is 0.0954. The fourth-order valence-electron chi connectivity index (χ4n) is 3.78. The van der Waals surface area contributed by atoms with E-state index in [1.165, 1.54) is 50.5 Å². The summed E-state index contributed by atoms with van der Waals surface area (Å²) in [5.74, 6) is 1.01. The molecule has 0 aliphatic rings. The number of hydrogen-bond donors (Lipinski definition) is 1. The monoisotopic (exact) mass is 469 g/mol. The molecule has 5 heteroatoms. The molecule has 0 bridgehead atoms. The molecule has 160 valence electrons. The number of unbranched alkanes of at least 4 members (excludes halogenated alkanes) is 6. The van der Waals surface area contributed by atoms with Crippen molar-refractivity contribution in [2.75, 3.05) is 6.54 Å². The van der Waals surface area contributed by atoms with E-state index in [1.807, 2.05) is 30.3 Å². The second kappa shape index (κ2) is 11.9. The van der Waals surface area contributed by atoms with Crippen LogP contribution < -0.4 is 5.32 Å². The number of fused-ring (bicyclic) bond motifs is 1. The van der Waals surface area contributed by atoms with Crippen molar-refractivity contribution in [3.63, 3.8) is 0 Å². The van der Waals surface area contributed by atoms with Crippen molar-refractivity contribution >= 4 is 32.9 Å². The number of aryl methyl sites for hydroxylation is 1. The Kier molecular flexibility index (Phi) is 8.94. The molecule has 3 aromatic rings. The zero-order valence-electron chi connectivity index (χ0n) is 17.9. The van der Waals surface area contributed by atoms with E-state index in [0.29, 0.717) is 12.1 Å². The van der Waals surface area contributed by atoms with Crippen LogP contribution in [0.1, 0.15) is 68.1 Å². The summed E-state index contributed by atoms with van der Waals surface area (Å²) in [6.45, 7) is 3.83. The van der Waals surface area contributed by atoms with Crippen LogP contribution in [0.2, 0.25) is 0 Å². The quantitative estimate of drug-likeness (QED) is 0.306. The Balaban J connectivity index is 1.55. The molecule has 30 heavy (non-hydrogen) atoms. The Morgan fingerprint density at radius 3 is 2.43 bits per heavy atom. The number of nitrogens with zero attached hydrogens (tertiary/aromatic N) is 2. The van der Waals surface area contributed by atoms with E-state index in [-0.39, 0.29) is 5.91 Å². The number of carbonyl (C=O) groups excluding carboxylic acids is 1. The zero-order chi connectivity index (χ0) is 21.2. The van der Waals surface area contributed by atoms with Gasteiger partial charge in [-0.1, -0.05) is 73.5 Å². The number of hydrogen-bond acceptors (Lipinski definition) is 2. The smallest absolute Gasteiger partial charge is 0.251 e. The number of rotatable bonds is 12. The SMILES string of the molecule is CCCCCCCCCn1c(CCNC(=O)c2ccc(Br)cc2)nc2ccccc21. The first kappa shape index (κ1) is 22.5. The molecule has 0 saturated carbocycles. The first-order chi connectivity index (χ1) is 14.7. The third-order valence-electron chi connectivity index (χ3n) is 5.46. The van der Waals surface area contributed by atoms with Crippen LogP contribution in [0, 0.1) is 0 Å². The molecule has 0 unspecified atom stereocenters. The van der Waals surface area contributed by atoms with Crippen molar-refractivity contribution in [2.45, 2.75) is 64.8 Å². The Hall–Kier alpha value is -2.14. The van der Waals surface area contributed by atoms with Gasteiger partial charge in [0.15, 0.2) is 0 Å². The standard InChI is InChI=1S/C25H32BrN3O/c1-2-3-4-5-6-7-10-19-29-23-12-9-8-11-22(23)28-24(29)17-18-27-25(30)20-13-15-21(26)16-14-20/h8-9,11-16H,2-7,10,17-19H2,1H3,(H,27,30). The lowest BCUT2D eigenvalue weighted by Crippen LogP contribution is -2.26. The van der Waals surface area contributed by atoms with Crippen molar-refractivity contribution in [3.8, 4) is 0 Å². The normalized spacial score (nSPS) is 11.1. The van der Waals surface area contributed by atoms with Crippen LogP contribution in [0.3, 0.4) is 0 Å². The van der Waals surface area contributed by atoms with Gasteiger partial charge in [0.05, 0.1) is 11.0 Å². The van der Waals surface area contributed by atoms with Gasteiger partial charge in [0, 0.05) is 29.5 Å². The lowest BCUT2D eigenvalue weighted by Gasteiger charge is -2.10. The molecule has 0 saturated heterocycles. The Morgan fingerprint density at radius 2 is 1.67 bits per heavy atom. The van der Waals surface area contributed by atoms with Gasteiger partial charge in [-0.2, -0.15) is 0 Å². The molecule has 1 N–H and O–H groups in total. The summed E-state index contributed by atoms with van der Waals surface area (Å²) in [4.78, 5) is 17.2. The Bertz CT molecular complexity index is 933. The molecule has 4 nitrogen and oxygen atoms in total. The van der Waals surface area contributed by atoms with Gasteiger partial charge < -0.3 is 9.88 Å². The molecule has 0 spiro atoms. The zero-order valence-corrected chi connectivity index (χ0v) is 19.5. The van der Waals surface area contributed by atoms with Crippen molar-refractivity contribution in [1.82, 2.24) is 14.9 Å². The van der Waals surface area contributed by atoms with E-state index in [2.05, 4.69) is 50.9 Å². The predicted molar refractivity (Wildman–Crippen MR) is 128 cm³/mol. The third-order valence-corrected chi connectivity index (χ3v) is 5.99. The second-order valence-electron chi connectivity index (χ2n) is 7.80. The third kappa shape index (κ3) is 6.43. The van der Waals surface area contributed by atoms with Crippen LogP contribution >= 0.6 is 15.9 Å². The summed E-state index contributed by atoms with van der Waals surface area (Å²) in [5, 5.41) is 3.03. The maximum Gasteiger partial charge on any atom is 0.251 e. The average molecular weight is 470 g/mol. The van der Waals surface area contributed by atoms with E-state index in [4.69, 9.17) is 4.98 Å². The summed E-state index contributed by atoms with van der Waals surface area (Å²) in [6.07, 6.45) is 9.81. The minimum Gasteiger partial charge on any atom is -0.352 e. The summed E-state index contributed by atoms with van der Waals surface area (Å²) >= 11 is 3.40. The molecular formula is C25H32BrN3O. The predicted octanol–water partition coefficient (Wildman–Crippen LogP) is 6.52. The van der Waals surface area contributed by atoms with Gasteiger partial charge in [-0.05, 0) is 42.8 Å². The number of benzene rings is 2. The molecule has 0 aliphatic heterocycles. The van der Waals surface area contributed by atoms with Crippen LogP contribution in [-0.4, -0.2) is 22.0 Å². The van der Waals surface area contributed by atoms with E-state index in [0.717, 1.165) is 28.8 Å². The molecular weight excluding hydrogens is 438 g/mol. The molecule has 0 atom stereocenters. The van der Waals surface area contributed by atoms with Crippen LogP contribution in [0.15, 0.2) is 53.0 Å². The molecule has 1 heterocycles. The van der Waals surface area contributed by atoms with Gasteiger partial charge >= 0.3 is 0 Å². The molecule has 0 fully saturated rings. The molecule has 1 amide bonds. The molecule has 2 aromatic carbocycles. The highest BCUT2D eigenvalue weighted by atomic mass is 79.9. The van der Waals surface area contributed by atoms with Crippen molar-refractivity contribution < 1.29 is 4.79 Å². The average Bonchev–Trinajstić information content (AvgIpc) is 3.11. The highest BCUT2D eigenvalue weighted by Crippen LogP contribution is 2.18. The maximum absolute atomic E-state index is 12.4. The van der Waals surface area contributed by atoms with E-state index >= 15 is 0 Å². The summed E-state index contributed by atoms with van der Waals surface area (Å²) in [5.41, 5.74) is 2.90. The number of carbonyl (C=O) groups is 1. The molecule has 0 aliphatic carbocycles. The van der Waals surface area contributed by atoms with Gasteiger partial charge in [-0.3, -0.25) is 4.79 Å². The fourth-order valence-corrected chi connectivity index (χ4v) is 4.05. The molecule has 1 aromatic heterocycles. The van der Waals surface area contributed by atoms with Crippen molar-refractivity contribution in [3.05, 3.63) is 64.4 Å². The summed E-state index contributed by atoms with van der Waals surface area (Å²) < 4.78 is 3.31. The maximum atomic E-state index is 12.4. The van der Waals surface area contributed by atoms with Crippen LogP contribution in [0.5, 0.6) is 0 Å². The number of imidazole rings is 1.